The van der Waals surface area contributed by atoms with E-state index in [-0.39, 0.29) is 11.3 Å². The zero-order chi connectivity index (χ0) is 13.8. The van der Waals surface area contributed by atoms with E-state index in [2.05, 4.69) is 25.0 Å². The first-order chi connectivity index (χ1) is 9.17. The van der Waals surface area contributed by atoms with Gasteiger partial charge in [-0.2, -0.15) is 19.6 Å². The third-order valence-corrected chi connectivity index (χ3v) is 2.56. The lowest BCUT2D eigenvalue weighted by molar-refractivity contribution is 0.310. The molecule has 2 aromatic heterocycles. The average molecular weight is 283 g/mol. The number of aromatic nitrogens is 6. The second-order valence-electron chi connectivity index (χ2n) is 3.68. The van der Waals surface area contributed by atoms with Crippen LogP contribution in [-0.4, -0.2) is 36.3 Å². The van der Waals surface area contributed by atoms with Crippen LogP contribution < -0.4 is 4.74 Å². The molecule has 2 heterocycles. The van der Waals surface area contributed by atoms with E-state index in [9.17, 15) is 0 Å². The summed E-state index contributed by atoms with van der Waals surface area (Å²) in [6.45, 7) is 6.29. The number of ether oxygens (including phenoxy) is 1. The van der Waals surface area contributed by atoms with Crippen LogP contribution in [0, 0.1) is 0 Å². The Morgan fingerprint density at radius 2 is 1.84 bits per heavy atom. The van der Waals surface area contributed by atoms with Crippen molar-refractivity contribution in [2.24, 2.45) is 0 Å². The molecule has 0 unspecified atom stereocenters. The van der Waals surface area contributed by atoms with Gasteiger partial charge in [0.2, 0.25) is 5.28 Å². The second-order valence-corrected chi connectivity index (χ2v) is 4.02. The largest absolute Gasteiger partial charge is 0.464 e. The first-order valence-electron chi connectivity index (χ1n) is 6.17. The maximum Gasteiger partial charge on any atom is 0.322 e. The molecule has 0 aliphatic heterocycles. The molecule has 0 bridgehead atoms. The van der Waals surface area contributed by atoms with E-state index in [1.54, 1.807) is 4.68 Å². The number of hydrogen-bond acceptors (Lipinski definition) is 6. The van der Waals surface area contributed by atoms with E-state index in [4.69, 9.17) is 16.3 Å². The van der Waals surface area contributed by atoms with E-state index in [1.807, 2.05) is 20.8 Å². The van der Waals surface area contributed by atoms with Crippen molar-refractivity contribution in [2.45, 2.75) is 33.6 Å². The summed E-state index contributed by atoms with van der Waals surface area (Å²) >= 11 is 5.87. The van der Waals surface area contributed by atoms with Crippen molar-refractivity contribution in [2.75, 3.05) is 6.61 Å². The Kier molecular flexibility index (Phi) is 4.26. The van der Waals surface area contributed by atoms with Gasteiger partial charge in [-0.1, -0.05) is 13.8 Å². The predicted octanol–water partition coefficient (Wildman–Crippen LogP) is 1.63. The van der Waals surface area contributed by atoms with Gasteiger partial charge in [-0.25, -0.2) is 4.98 Å². The standard InChI is InChI=1S/C11H15ClN6O/c1-4-7-13-8(5-2)18(17-7)10-14-9(12)15-11(16-10)19-6-3/h4-6H2,1-3H3. The number of rotatable bonds is 5. The summed E-state index contributed by atoms with van der Waals surface area (Å²) in [5, 5.41) is 4.42. The molecule has 0 amide bonds. The van der Waals surface area contributed by atoms with Crippen LogP contribution in [0.3, 0.4) is 0 Å². The molecule has 7 nitrogen and oxygen atoms in total. The first-order valence-corrected chi connectivity index (χ1v) is 6.55. The predicted molar refractivity (Wildman–Crippen MR) is 69.7 cm³/mol. The number of nitrogens with zero attached hydrogens (tertiary/aromatic N) is 6. The monoisotopic (exact) mass is 282 g/mol. The summed E-state index contributed by atoms with van der Waals surface area (Å²) in [5.41, 5.74) is 0. The lowest BCUT2D eigenvalue weighted by Gasteiger charge is -2.05. The number of hydrogen-bond donors (Lipinski definition) is 0. The van der Waals surface area contributed by atoms with Crippen molar-refractivity contribution in [3.05, 3.63) is 16.9 Å². The van der Waals surface area contributed by atoms with Gasteiger partial charge in [-0.05, 0) is 18.5 Å². The molecular weight excluding hydrogens is 268 g/mol. The van der Waals surface area contributed by atoms with Crippen LogP contribution in [0.15, 0.2) is 0 Å². The highest BCUT2D eigenvalue weighted by atomic mass is 35.5. The summed E-state index contributed by atoms with van der Waals surface area (Å²) in [5.74, 6) is 1.85. The minimum Gasteiger partial charge on any atom is -0.464 e. The first kappa shape index (κ1) is 13.7. The Balaban J connectivity index is 2.48. The molecule has 0 spiro atoms. The number of aryl methyl sites for hydroxylation is 2. The molecule has 102 valence electrons. The molecule has 8 heteroatoms. The van der Waals surface area contributed by atoms with Crippen LogP contribution in [0.2, 0.25) is 5.28 Å². The summed E-state index contributed by atoms with van der Waals surface area (Å²) in [4.78, 5) is 16.5. The fraction of sp³-hybridized carbons (Fsp3) is 0.545. The van der Waals surface area contributed by atoms with Crippen LogP contribution in [-0.2, 0) is 12.8 Å². The lowest BCUT2D eigenvalue weighted by Crippen LogP contribution is -2.10. The topological polar surface area (TPSA) is 78.6 Å². The van der Waals surface area contributed by atoms with Gasteiger partial charge >= 0.3 is 6.01 Å². The van der Waals surface area contributed by atoms with Crippen molar-refractivity contribution in [3.63, 3.8) is 0 Å². The third kappa shape index (κ3) is 2.98. The van der Waals surface area contributed by atoms with Gasteiger partial charge in [0.05, 0.1) is 6.61 Å². The molecule has 2 aromatic rings. The Bertz CT molecular complexity index is 570. The molecule has 2 rings (SSSR count). The molecule has 0 N–H and O–H groups in total. The maximum absolute atomic E-state index is 5.87. The van der Waals surface area contributed by atoms with E-state index in [0.29, 0.717) is 12.6 Å². The van der Waals surface area contributed by atoms with E-state index >= 15 is 0 Å². The van der Waals surface area contributed by atoms with Crippen LogP contribution in [0.5, 0.6) is 6.01 Å². The van der Waals surface area contributed by atoms with Crippen LogP contribution in [0.4, 0.5) is 0 Å². The molecule has 0 atom stereocenters. The highest BCUT2D eigenvalue weighted by molar-refractivity contribution is 6.28. The van der Waals surface area contributed by atoms with E-state index in [0.717, 1.165) is 24.5 Å². The van der Waals surface area contributed by atoms with Gasteiger partial charge in [0, 0.05) is 12.8 Å². The zero-order valence-corrected chi connectivity index (χ0v) is 11.8. The highest BCUT2D eigenvalue weighted by Crippen LogP contribution is 2.13. The molecule has 0 saturated carbocycles. The van der Waals surface area contributed by atoms with Crippen molar-refractivity contribution >= 4 is 11.6 Å². The maximum atomic E-state index is 5.87. The fourth-order valence-electron chi connectivity index (χ4n) is 1.54. The van der Waals surface area contributed by atoms with Crippen molar-refractivity contribution in [1.29, 1.82) is 0 Å². The van der Waals surface area contributed by atoms with Crippen LogP contribution >= 0.6 is 11.6 Å². The average Bonchev–Trinajstić information content (AvgIpc) is 2.81. The molecule has 0 fully saturated rings. The van der Waals surface area contributed by atoms with Gasteiger partial charge in [-0.3, -0.25) is 0 Å². The molecular formula is C11H15ClN6O. The SMILES string of the molecule is CCOc1nc(Cl)nc(-n2nc(CC)nc2CC)n1. The normalized spacial score (nSPS) is 10.7. The minimum absolute atomic E-state index is 0.0732. The highest BCUT2D eigenvalue weighted by Gasteiger charge is 2.14. The van der Waals surface area contributed by atoms with Crippen molar-refractivity contribution in [1.82, 2.24) is 29.7 Å². The molecule has 0 aliphatic carbocycles. The summed E-state index contributed by atoms with van der Waals surface area (Å²) in [6, 6.07) is 0.188. The quantitative estimate of drug-likeness (QED) is 0.829. The molecule has 0 aliphatic rings. The smallest absolute Gasteiger partial charge is 0.322 e. The molecule has 0 aromatic carbocycles. The Morgan fingerprint density at radius 1 is 1.05 bits per heavy atom. The summed E-state index contributed by atoms with van der Waals surface area (Å²) < 4.78 is 6.83. The summed E-state index contributed by atoms with van der Waals surface area (Å²) in [6.07, 6.45) is 1.47. The summed E-state index contributed by atoms with van der Waals surface area (Å²) in [7, 11) is 0. The fourth-order valence-corrected chi connectivity index (χ4v) is 1.69. The zero-order valence-electron chi connectivity index (χ0n) is 11.1. The molecule has 0 saturated heterocycles. The third-order valence-electron chi connectivity index (χ3n) is 2.39. The van der Waals surface area contributed by atoms with Gasteiger partial charge in [0.1, 0.15) is 5.82 Å². The lowest BCUT2D eigenvalue weighted by atomic mass is 10.4. The molecule has 19 heavy (non-hydrogen) atoms. The van der Waals surface area contributed by atoms with Gasteiger partial charge in [0.15, 0.2) is 5.82 Å². The van der Waals surface area contributed by atoms with Crippen LogP contribution in [0.25, 0.3) is 5.95 Å². The Morgan fingerprint density at radius 3 is 2.47 bits per heavy atom. The molecule has 0 radical (unpaired) electrons. The Hall–Kier alpha value is -1.76. The van der Waals surface area contributed by atoms with E-state index < -0.39 is 0 Å². The van der Waals surface area contributed by atoms with E-state index in [1.165, 1.54) is 0 Å². The number of halogens is 1. The Labute approximate surface area is 116 Å². The van der Waals surface area contributed by atoms with Crippen LogP contribution in [0.1, 0.15) is 32.4 Å². The van der Waals surface area contributed by atoms with Crippen molar-refractivity contribution < 1.29 is 4.74 Å². The van der Waals surface area contributed by atoms with Crippen molar-refractivity contribution in [3.8, 4) is 12.0 Å². The minimum atomic E-state index is 0.0732. The van der Waals surface area contributed by atoms with Gasteiger partial charge in [-0.15, -0.1) is 5.10 Å². The second kappa shape index (κ2) is 5.92. The van der Waals surface area contributed by atoms with Gasteiger partial charge in [0.25, 0.3) is 5.95 Å². The van der Waals surface area contributed by atoms with Gasteiger partial charge < -0.3 is 4.74 Å².